The molecule has 3 aromatic carbocycles. The van der Waals surface area contributed by atoms with Gasteiger partial charge in [-0.2, -0.15) is 0 Å². The number of hydrogen-bond acceptors (Lipinski definition) is 3. The second-order valence-corrected chi connectivity index (χ2v) is 21.8. The van der Waals surface area contributed by atoms with E-state index >= 15 is 0 Å². The number of ether oxygens (including phenoxy) is 2. The lowest BCUT2D eigenvalue weighted by Crippen LogP contribution is -2.50. The zero-order valence-electron chi connectivity index (χ0n) is 25.0. The molecule has 3 aromatic rings. The molecular weight excluding hydrogens is 513 g/mol. The van der Waals surface area contributed by atoms with Gasteiger partial charge in [0.15, 0.2) is 0 Å². The minimum absolute atomic E-state index is 0.0906. The van der Waals surface area contributed by atoms with Crippen LogP contribution in [0.15, 0.2) is 91.0 Å². The van der Waals surface area contributed by atoms with Gasteiger partial charge >= 0.3 is 5.97 Å². The number of esters is 1. The Morgan fingerprint density at radius 1 is 0.718 bits per heavy atom. The van der Waals surface area contributed by atoms with Crippen molar-refractivity contribution in [2.24, 2.45) is 5.92 Å². The van der Waals surface area contributed by atoms with E-state index in [9.17, 15) is 4.79 Å². The van der Waals surface area contributed by atoms with Crippen molar-refractivity contribution >= 4 is 32.5 Å². The van der Waals surface area contributed by atoms with E-state index in [1.807, 2.05) is 6.07 Å². The van der Waals surface area contributed by atoms with Gasteiger partial charge in [0.05, 0.1) is 41.9 Å². The molecule has 0 saturated carbocycles. The summed E-state index contributed by atoms with van der Waals surface area (Å²) in [5.74, 6) is -0.224. The van der Waals surface area contributed by atoms with Crippen LogP contribution in [0.1, 0.15) is 38.7 Å². The number of carbonyl (C=O) groups excluding carboxylic acids is 1. The SMILES string of the molecule is COC(=O)[C@@H](C)[C@H](CC[C@H](C[C@@H](C)OCc1ccccc1)[Si](C)(C)c1ccccc1)[Si](C)(C)c1ccccc1. The molecule has 0 heterocycles. The van der Waals surface area contributed by atoms with E-state index in [0.717, 1.165) is 19.3 Å². The Labute approximate surface area is 239 Å². The van der Waals surface area contributed by atoms with Gasteiger partial charge in [-0.3, -0.25) is 4.79 Å². The molecule has 5 heteroatoms. The Kier molecular flexibility index (Phi) is 11.3. The molecule has 0 saturated heterocycles. The lowest BCUT2D eigenvalue weighted by Gasteiger charge is -2.40. The molecular formula is C34H48O3Si2. The highest BCUT2D eigenvalue weighted by Crippen LogP contribution is 2.41. The lowest BCUT2D eigenvalue weighted by molar-refractivity contribution is -0.145. The molecule has 0 aliphatic rings. The molecule has 0 fully saturated rings. The van der Waals surface area contributed by atoms with Crippen molar-refractivity contribution in [1.82, 2.24) is 0 Å². The third-order valence-electron chi connectivity index (χ3n) is 8.98. The van der Waals surface area contributed by atoms with Gasteiger partial charge in [0.2, 0.25) is 0 Å². The maximum atomic E-state index is 12.9. The van der Waals surface area contributed by atoms with E-state index in [1.165, 1.54) is 23.0 Å². The molecule has 3 nitrogen and oxygen atoms in total. The van der Waals surface area contributed by atoms with Crippen LogP contribution in [-0.2, 0) is 20.9 Å². The first-order valence-corrected chi connectivity index (χ1v) is 20.6. The predicted molar refractivity (Wildman–Crippen MR) is 170 cm³/mol. The monoisotopic (exact) mass is 560 g/mol. The van der Waals surface area contributed by atoms with Gasteiger partial charge < -0.3 is 9.47 Å². The topological polar surface area (TPSA) is 35.5 Å². The molecule has 3 rings (SSSR count). The highest BCUT2D eigenvalue weighted by Gasteiger charge is 2.42. The molecule has 0 spiro atoms. The van der Waals surface area contributed by atoms with E-state index < -0.39 is 16.1 Å². The lowest BCUT2D eigenvalue weighted by atomic mass is 10.0. The normalized spacial score (nSPS) is 15.3. The van der Waals surface area contributed by atoms with Crippen molar-refractivity contribution in [2.45, 2.75) is 83.1 Å². The van der Waals surface area contributed by atoms with E-state index in [1.54, 1.807) is 0 Å². The van der Waals surface area contributed by atoms with Gasteiger partial charge in [0, 0.05) is 0 Å². The molecule has 0 aliphatic heterocycles. The number of carbonyl (C=O) groups is 1. The minimum Gasteiger partial charge on any atom is -0.469 e. The fraction of sp³-hybridized carbons (Fsp3) is 0.441. The van der Waals surface area contributed by atoms with E-state index in [2.05, 4.69) is 125 Å². The summed E-state index contributed by atoms with van der Waals surface area (Å²) in [6.45, 7) is 14.8. The third kappa shape index (κ3) is 8.26. The Morgan fingerprint density at radius 2 is 1.21 bits per heavy atom. The summed E-state index contributed by atoms with van der Waals surface area (Å²) in [4.78, 5) is 12.9. The van der Waals surface area contributed by atoms with Crippen LogP contribution >= 0.6 is 0 Å². The van der Waals surface area contributed by atoms with Crippen LogP contribution in [0.25, 0.3) is 0 Å². The van der Waals surface area contributed by atoms with Gasteiger partial charge in [0.25, 0.3) is 0 Å². The fourth-order valence-electron chi connectivity index (χ4n) is 6.21. The molecule has 39 heavy (non-hydrogen) atoms. The molecule has 0 radical (unpaired) electrons. The van der Waals surface area contributed by atoms with Crippen molar-refractivity contribution in [1.29, 1.82) is 0 Å². The second kappa shape index (κ2) is 14.2. The zero-order chi connectivity index (χ0) is 28.5. The summed E-state index contributed by atoms with van der Waals surface area (Å²) in [6, 6.07) is 32.3. The molecule has 0 bridgehead atoms. The van der Waals surface area contributed by atoms with Gasteiger partial charge in [-0.15, -0.1) is 0 Å². The van der Waals surface area contributed by atoms with Gasteiger partial charge in [0.1, 0.15) is 0 Å². The number of rotatable bonds is 14. The number of hydrogen-bond donors (Lipinski definition) is 0. The molecule has 0 amide bonds. The molecule has 0 aliphatic carbocycles. The first-order chi connectivity index (χ1) is 18.6. The zero-order valence-corrected chi connectivity index (χ0v) is 27.0. The molecule has 0 N–H and O–H groups in total. The van der Waals surface area contributed by atoms with Crippen LogP contribution < -0.4 is 10.4 Å². The standard InChI is InChI=1S/C34H48O3Si2/c1-27(37-26-29-17-11-8-12-18-29)25-32(38(4,5)30-19-13-9-14-20-30)23-24-33(28(2)34(35)36-3)39(6,7)31-21-15-10-16-22-31/h8-22,27-28,32-33H,23-26H2,1-7H3/t27-,28+,32-,33+/m1/s1. The van der Waals surface area contributed by atoms with Crippen LogP contribution in [0.3, 0.4) is 0 Å². The van der Waals surface area contributed by atoms with Crippen molar-refractivity contribution in [3.8, 4) is 0 Å². The van der Waals surface area contributed by atoms with Crippen LogP contribution in [0.2, 0.25) is 37.3 Å². The quantitative estimate of drug-likeness (QED) is 0.151. The molecule has 4 atom stereocenters. The summed E-state index contributed by atoms with van der Waals surface area (Å²) < 4.78 is 11.7. The fourth-order valence-corrected chi connectivity index (χ4v) is 13.3. The van der Waals surface area contributed by atoms with Crippen LogP contribution in [0, 0.1) is 5.92 Å². The first-order valence-electron chi connectivity index (χ1n) is 14.4. The van der Waals surface area contributed by atoms with Crippen molar-refractivity contribution < 1.29 is 14.3 Å². The maximum absolute atomic E-state index is 12.9. The third-order valence-corrected chi connectivity index (χ3v) is 17.8. The first kappa shape index (κ1) is 31.1. The van der Waals surface area contributed by atoms with Crippen molar-refractivity contribution in [3.63, 3.8) is 0 Å². The summed E-state index contributed by atoms with van der Waals surface area (Å²) in [7, 11) is -2.29. The van der Waals surface area contributed by atoms with Gasteiger partial charge in [-0.25, -0.2) is 0 Å². The number of benzene rings is 3. The Balaban J connectivity index is 1.86. The Morgan fingerprint density at radius 3 is 1.72 bits per heavy atom. The van der Waals surface area contributed by atoms with Gasteiger partial charge in [-0.05, 0) is 30.0 Å². The molecule has 0 aromatic heterocycles. The predicted octanol–water partition coefficient (Wildman–Crippen LogP) is 7.54. The van der Waals surface area contributed by atoms with Crippen LogP contribution in [0.5, 0.6) is 0 Å². The van der Waals surface area contributed by atoms with Crippen LogP contribution in [-0.4, -0.2) is 35.3 Å². The Bertz CT molecular complexity index is 1130. The highest BCUT2D eigenvalue weighted by molar-refractivity contribution is 6.91. The Hall–Kier alpha value is -2.48. The maximum Gasteiger partial charge on any atom is 0.308 e. The minimum atomic E-state index is -1.97. The summed E-state index contributed by atoms with van der Waals surface area (Å²) in [5, 5.41) is 2.89. The highest BCUT2D eigenvalue weighted by atomic mass is 28.3. The van der Waals surface area contributed by atoms with E-state index in [4.69, 9.17) is 9.47 Å². The van der Waals surface area contributed by atoms with Crippen molar-refractivity contribution in [3.05, 3.63) is 96.6 Å². The molecule has 210 valence electrons. The largest absolute Gasteiger partial charge is 0.469 e. The van der Waals surface area contributed by atoms with E-state index in [0.29, 0.717) is 12.1 Å². The van der Waals surface area contributed by atoms with E-state index in [-0.39, 0.29) is 23.5 Å². The second-order valence-electron chi connectivity index (χ2n) is 12.2. The van der Waals surface area contributed by atoms with Crippen LogP contribution in [0.4, 0.5) is 0 Å². The van der Waals surface area contributed by atoms with Gasteiger partial charge in [-0.1, -0.05) is 147 Å². The molecule has 0 unspecified atom stereocenters. The number of methoxy groups -OCH3 is 1. The average Bonchev–Trinajstić information content (AvgIpc) is 2.96. The van der Waals surface area contributed by atoms with Crippen molar-refractivity contribution in [2.75, 3.05) is 7.11 Å². The summed E-state index contributed by atoms with van der Waals surface area (Å²) >= 11 is 0. The average molecular weight is 561 g/mol. The summed E-state index contributed by atoms with van der Waals surface area (Å²) in [6.07, 6.45) is 3.28. The smallest absolute Gasteiger partial charge is 0.308 e. The summed E-state index contributed by atoms with van der Waals surface area (Å²) in [5.41, 5.74) is 2.03.